The van der Waals surface area contributed by atoms with Gasteiger partial charge in [-0.25, -0.2) is 0 Å². The molecule has 1 aliphatic carbocycles. The molecule has 1 amide bonds. The molecule has 0 saturated heterocycles. The van der Waals surface area contributed by atoms with Crippen molar-refractivity contribution in [2.75, 3.05) is 6.54 Å². The number of amides is 1. The monoisotopic (exact) mass is 226 g/mol. The van der Waals surface area contributed by atoms with Gasteiger partial charge in [-0.15, -0.1) is 0 Å². The Labute approximate surface area is 99.2 Å². The van der Waals surface area contributed by atoms with Gasteiger partial charge >= 0.3 is 0 Å². The van der Waals surface area contributed by atoms with Gasteiger partial charge in [0.2, 0.25) is 5.91 Å². The molecule has 16 heavy (non-hydrogen) atoms. The van der Waals surface area contributed by atoms with E-state index >= 15 is 0 Å². The number of hydrogen-bond donors (Lipinski definition) is 2. The number of nitrogens with two attached hydrogens (primary N) is 1. The molecular weight excluding hydrogens is 200 g/mol. The van der Waals surface area contributed by atoms with Gasteiger partial charge < -0.3 is 11.1 Å². The van der Waals surface area contributed by atoms with E-state index in [9.17, 15) is 4.79 Å². The van der Waals surface area contributed by atoms with Crippen molar-refractivity contribution in [3.8, 4) is 0 Å². The molecule has 0 heterocycles. The van der Waals surface area contributed by atoms with Crippen LogP contribution in [-0.4, -0.2) is 18.0 Å². The van der Waals surface area contributed by atoms with Gasteiger partial charge in [0.05, 0.1) is 0 Å². The largest absolute Gasteiger partial charge is 0.354 e. The lowest BCUT2D eigenvalue weighted by Gasteiger charge is -2.26. The average molecular weight is 226 g/mol. The van der Waals surface area contributed by atoms with Gasteiger partial charge in [-0.2, -0.15) is 0 Å². The number of hydrogen-bond acceptors (Lipinski definition) is 2. The Bertz CT molecular complexity index is 233. The highest BCUT2D eigenvalue weighted by Gasteiger charge is 2.21. The van der Waals surface area contributed by atoms with Crippen molar-refractivity contribution < 1.29 is 4.79 Å². The van der Waals surface area contributed by atoms with E-state index in [0.29, 0.717) is 18.9 Å². The standard InChI is InChI=1S/C13H26N2O/c1-10-5-4-6-11(7-10)8-12(16)15-9-13(2,3)14/h10-11H,4-9,14H2,1-3H3,(H,15,16). The molecule has 3 nitrogen and oxygen atoms in total. The van der Waals surface area contributed by atoms with Crippen molar-refractivity contribution >= 4 is 5.91 Å². The van der Waals surface area contributed by atoms with Crippen LogP contribution >= 0.6 is 0 Å². The van der Waals surface area contributed by atoms with Gasteiger partial charge in [0.25, 0.3) is 0 Å². The zero-order valence-corrected chi connectivity index (χ0v) is 10.9. The molecule has 0 aromatic heterocycles. The Morgan fingerprint density at radius 3 is 2.69 bits per heavy atom. The lowest BCUT2D eigenvalue weighted by molar-refractivity contribution is -0.122. The molecular formula is C13H26N2O. The molecule has 1 aliphatic rings. The third-order valence-electron chi connectivity index (χ3n) is 3.26. The van der Waals surface area contributed by atoms with Crippen molar-refractivity contribution in [2.45, 2.75) is 58.4 Å². The molecule has 1 saturated carbocycles. The maximum absolute atomic E-state index is 11.7. The molecule has 3 heteroatoms. The number of carbonyl (C=O) groups excluding carboxylic acids is 1. The van der Waals surface area contributed by atoms with Gasteiger partial charge in [-0.05, 0) is 38.5 Å². The lowest BCUT2D eigenvalue weighted by Crippen LogP contribution is -2.45. The van der Waals surface area contributed by atoms with Crippen molar-refractivity contribution in [3.05, 3.63) is 0 Å². The summed E-state index contributed by atoms with van der Waals surface area (Å²) in [5.74, 6) is 1.54. The van der Waals surface area contributed by atoms with Crippen LogP contribution in [0.15, 0.2) is 0 Å². The maximum atomic E-state index is 11.7. The van der Waals surface area contributed by atoms with E-state index in [-0.39, 0.29) is 11.4 Å². The summed E-state index contributed by atoms with van der Waals surface area (Å²) in [6.45, 7) is 6.70. The summed E-state index contributed by atoms with van der Waals surface area (Å²) in [6.07, 6.45) is 5.71. The maximum Gasteiger partial charge on any atom is 0.220 e. The lowest BCUT2D eigenvalue weighted by atomic mass is 9.81. The Morgan fingerprint density at radius 1 is 1.44 bits per heavy atom. The van der Waals surface area contributed by atoms with Crippen molar-refractivity contribution in [1.29, 1.82) is 0 Å². The summed E-state index contributed by atoms with van der Waals surface area (Å²) in [7, 11) is 0. The third kappa shape index (κ3) is 5.50. The summed E-state index contributed by atoms with van der Waals surface area (Å²) in [6, 6.07) is 0. The highest BCUT2D eigenvalue weighted by Crippen LogP contribution is 2.30. The minimum atomic E-state index is -0.310. The third-order valence-corrected chi connectivity index (χ3v) is 3.26. The fraction of sp³-hybridized carbons (Fsp3) is 0.923. The Balaban J connectivity index is 2.23. The van der Waals surface area contributed by atoms with Crippen LogP contribution in [0.1, 0.15) is 52.9 Å². The van der Waals surface area contributed by atoms with Gasteiger partial charge in [0, 0.05) is 18.5 Å². The fourth-order valence-corrected chi connectivity index (χ4v) is 2.41. The minimum absolute atomic E-state index is 0.164. The summed E-state index contributed by atoms with van der Waals surface area (Å²) < 4.78 is 0. The Hall–Kier alpha value is -0.570. The topological polar surface area (TPSA) is 55.1 Å². The highest BCUT2D eigenvalue weighted by atomic mass is 16.1. The molecule has 0 aromatic rings. The number of rotatable bonds is 4. The van der Waals surface area contributed by atoms with E-state index in [1.54, 1.807) is 0 Å². The summed E-state index contributed by atoms with van der Waals surface area (Å²) in [5.41, 5.74) is 5.51. The quantitative estimate of drug-likeness (QED) is 0.771. The van der Waals surface area contributed by atoms with Crippen LogP contribution in [0.5, 0.6) is 0 Å². The van der Waals surface area contributed by atoms with E-state index in [0.717, 1.165) is 5.92 Å². The van der Waals surface area contributed by atoms with Gasteiger partial charge in [0.1, 0.15) is 0 Å². The zero-order chi connectivity index (χ0) is 12.2. The first kappa shape index (κ1) is 13.5. The van der Waals surface area contributed by atoms with Gasteiger partial charge in [0.15, 0.2) is 0 Å². The first-order chi connectivity index (χ1) is 7.37. The van der Waals surface area contributed by atoms with Crippen LogP contribution in [0, 0.1) is 11.8 Å². The molecule has 3 N–H and O–H groups in total. The van der Waals surface area contributed by atoms with E-state index in [1.165, 1.54) is 25.7 Å². The first-order valence-electron chi connectivity index (χ1n) is 6.42. The van der Waals surface area contributed by atoms with E-state index in [1.807, 2.05) is 13.8 Å². The molecule has 94 valence electrons. The van der Waals surface area contributed by atoms with Crippen LogP contribution in [0.4, 0.5) is 0 Å². The molecule has 0 aromatic carbocycles. The summed E-state index contributed by atoms with van der Waals surface area (Å²) in [4.78, 5) is 11.7. The predicted octanol–water partition coefficient (Wildman–Crippen LogP) is 2.06. The van der Waals surface area contributed by atoms with Gasteiger partial charge in [-0.1, -0.05) is 19.8 Å². The molecule has 1 fully saturated rings. The van der Waals surface area contributed by atoms with Crippen LogP contribution in [0.2, 0.25) is 0 Å². The molecule has 1 rings (SSSR count). The van der Waals surface area contributed by atoms with Crippen molar-refractivity contribution in [2.24, 2.45) is 17.6 Å². The molecule has 0 bridgehead atoms. The molecule has 2 unspecified atom stereocenters. The fourth-order valence-electron chi connectivity index (χ4n) is 2.41. The van der Waals surface area contributed by atoms with E-state index in [2.05, 4.69) is 12.2 Å². The van der Waals surface area contributed by atoms with E-state index < -0.39 is 0 Å². The minimum Gasteiger partial charge on any atom is -0.354 e. The molecule has 0 aliphatic heterocycles. The smallest absolute Gasteiger partial charge is 0.220 e. The van der Waals surface area contributed by atoms with Crippen LogP contribution in [-0.2, 0) is 4.79 Å². The number of carbonyl (C=O) groups is 1. The average Bonchev–Trinajstić information content (AvgIpc) is 2.14. The normalized spacial score (nSPS) is 26.5. The van der Waals surface area contributed by atoms with Gasteiger partial charge in [-0.3, -0.25) is 4.79 Å². The Morgan fingerprint density at radius 2 is 2.12 bits per heavy atom. The van der Waals surface area contributed by atoms with Crippen molar-refractivity contribution in [3.63, 3.8) is 0 Å². The number of nitrogens with one attached hydrogen (secondary N) is 1. The second-order valence-corrected chi connectivity index (χ2v) is 6.11. The van der Waals surface area contributed by atoms with Crippen molar-refractivity contribution in [1.82, 2.24) is 5.32 Å². The van der Waals surface area contributed by atoms with Crippen LogP contribution < -0.4 is 11.1 Å². The first-order valence-corrected chi connectivity index (χ1v) is 6.42. The second-order valence-electron chi connectivity index (χ2n) is 6.11. The molecule has 0 radical (unpaired) electrons. The predicted molar refractivity (Wildman–Crippen MR) is 67.0 cm³/mol. The SMILES string of the molecule is CC1CCCC(CC(=O)NCC(C)(C)N)C1. The molecule has 2 atom stereocenters. The van der Waals surface area contributed by atoms with Crippen LogP contribution in [0.3, 0.4) is 0 Å². The summed E-state index contributed by atoms with van der Waals surface area (Å²) in [5, 5.41) is 2.92. The van der Waals surface area contributed by atoms with Crippen LogP contribution in [0.25, 0.3) is 0 Å². The highest BCUT2D eigenvalue weighted by molar-refractivity contribution is 5.76. The molecule has 0 spiro atoms. The Kier molecular flexibility index (Phi) is 4.78. The summed E-state index contributed by atoms with van der Waals surface area (Å²) >= 11 is 0. The second kappa shape index (κ2) is 5.67. The van der Waals surface area contributed by atoms with E-state index in [4.69, 9.17) is 5.73 Å². The zero-order valence-electron chi connectivity index (χ0n) is 10.9.